The van der Waals surface area contributed by atoms with E-state index in [9.17, 15) is 19.8 Å². The third kappa shape index (κ3) is 5.68. The largest absolute Gasteiger partial charge is 0.461 e. The second kappa shape index (κ2) is 11.2. The topological polar surface area (TPSA) is 158 Å². The molecule has 2 aliphatic rings. The summed E-state index contributed by atoms with van der Waals surface area (Å²) in [6.07, 6.45) is -0.470. The standard InChI is InChI=1S/C19H21Cl4N5O7/c20-13(21)18(31)33-4-9-11(29)12(30)17(34-9)28-6-26-10-15(24-5-25-16(10)28)27-7-2-1-3-8(7)35-19(32)14(22)23/h5-9,11-14,17,29-30H,1-4H2,(H,24,25,27)/t7-,8-,9+,11+,12+,17+/m0/s1. The summed E-state index contributed by atoms with van der Waals surface area (Å²) in [5.41, 5.74) is 0.676. The smallest absolute Gasteiger partial charge is 0.339 e. The summed E-state index contributed by atoms with van der Waals surface area (Å²) in [5.74, 6) is -1.24. The second-order valence-electron chi connectivity index (χ2n) is 7.98. The van der Waals surface area contributed by atoms with E-state index in [0.29, 0.717) is 29.8 Å². The third-order valence-electron chi connectivity index (χ3n) is 5.76. The van der Waals surface area contributed by atoms with Crippen LogP contribution in [0.5, 0.6) is 0 Å². The van der Waals surface area contributed by atoms with Gasteiger partial charge in [0.2, 0.25) is 9.67 Å². The molecule has 0 bridgehead atoms. The van der Waals surface area contributed by atoms with Crippen molar-refractivity contribution in [2.75, 3.05) is 11.9 Å². The van der Waals surface area contributed by atoms with Gasteiger partial charge in [-0.25, -0.2) is 24.5 Å². The highest BCUT2D eigenvalue weighted by molar-refractivity contribution is 6.53. The summed E-state index contributed by atoms with van der Waals surface area (Å²) in [4.78, 5) is 33.5. The summed E-state index contributed by atoms with van der Waals surface area (Å²) in [6.45, 7) is -0.370. The number of aliphatic hydroxyl groups is 2. The number of hydrogen-bond donors (Lipinski definition) is 3. The molecule has 0 radical (unpaired) electrons. The number of carbonyl (C=O) groups is 2. The van der Waals surface area contributed by atoms with E-state index in [1.807, 2.05) is 0 Å². The second-order valence-corrected chi connectivity index (χ2v) is 10.2. The molecule has 3 N–H and O–H groups in total. The summed E-state index contributed by atoms with van der Waals surface area (Å²) in [6, 6.07) is -0.254. The van der Waals surface area contributed by atoms with Crippen molar-refractivity contribution in [2.45, 2.75) is 65.6 Å². The molecule has 1 aliphatic carbocycles. The van der Waals surface area contributed by atoms with Gasteiger partial charge in [0.25, 0.3) is 0 Å². The molecule has 2 aromatic heterocycles. The van der Waals surface area contributed by atoms with Crippen LogP contribution in [0.3, 0.4) is 0 Å². The van der Waals surface area contributed by atoms with Crippen LogP contribution in [0.2, 0.25) is 0 Å². The highest BCUT2D eigenvalue weighted by Gasteiger charge is 2.45. The van der Waals surface area contributed by atoms with E-state index in [2.05, 4.69) is 20.3 Å². The molecule has 2 aromatic rings. The zero-order valence-electron chi connectivity index (χ0n) is 17.8. The first kappa shape index (κ1) is 26.4. The minimum Gasteiger partial charge on any atom is -0.461 e. The Balaban J connectivity index is 1.50. The number of esters is 2. The molecule has 1 saturated heterocycles. The molecule has 16 heteroatoms. The number of aromatic nitrogens is 4. The molecule has 35 heavy (non-hydrogen) atoms. The van der Waals surface area contributed by atoms with Crippen LogP contribution in [0.4, 0.5) is 5.82 Å². The van der Waals surface area contributed by atoms with Crippen molar-refractivity contribution < 1.29 is 34.0 Å². The number of nitrogens with zero attached hydrogens (tertiary/aromatic N) is 4. The normalized spacial score (nSPS) is 28.7. The van der Waals surface area contributed by atoms with Crippen molar-refractivity contribution in [3.05, 3.63) is 12.7 Å². The van der Waals surface area contributed by atoms with Crippen LogP contribution in [0.25, 0.3) is 11.2 Å². The van der Waals surface area contributed by atoms with Gasteiger partial charge in [0, 0.05) is 0 Å². The Hall–Kier alpha value is -1.67. The molecule has 0 unspecified atom stereocenters. The fraction of sp³-hybridized carbons (Fsp3) is 0.632. The lowest BCUT2D eigenvalue weighted by Gasteiger charge is -2.22. The fourth-order valence-electron chi connectivity index (χ4n) is 4.08. The van der Waals surface area contributed by atoms with Crippen LogP contribution < -0.4 is 5.32 Å². The minimum absolute atomic E-state index is 0.254. The number of imidazole rings is 1. The van der Waals surface area contributed by atoms with Gasteiger partial charge < -0.3 is 29.7 Å². The molecular formula is C19H21Cl4N5O7. The van der Waals surface area contributed by atoms with Crippen molar-refractivity contribution in [2.24, 2.45) is 0 Å². The predicted molar refractivity (Wildman–Crippen MR) is 124 cm³/mol. The number of halogens is 4. The van der Waals surface area contributed by atoms with Crippen molar-refractivity contribution in [1.82, 2.24) is 19.5 Å². The summed E-state index contributed by atoms with van der Waals surface area (Å²) < 4.78 is 17.4. The predicted octanol–water partition coefficient (Wildman–Crippen LogP) is 1.47. The zero-order chi connectivity index (χ0) is 25.3. The Morgan fingerprint density at radius 1 is 1.11 bits per heavy atom. The molecule has 1 aliphatic heterocycles. The number of hydrogen-bond acceptors (Lipinski definition) is 11. The number of ether oxygens (including phenoxy) is 3. The lowest BCUT2D eigenvalue weighted by molar-refractivity contribution is -0.148. The van der Waals surface area contributed by atoms with E-state index < -0.39 is 52.3 Å². The Morgan fingerprint density at radius 3 is 2.57 bits per heavy atom. The van der Waals surface area contributed by atoms with Gasteiger partial charge in [-0.05, 0) is 19.3 Å². The van der Waals surface area contributed by atoms with Crippen molar-refractivity contribution in [3.8, 4) is 0 Å². The van der Waals surface area contributed by atoms with Gasteiger partial charge in [0.1, 0.15) is 37.4 Å². The summed E-state index contributed by atoms with van der Waals surface area (Å²) >= 11 is 22.1. The highest BCUT2D eigenvalue weighted by atomic mass is 35.5. The molecule has 0 aromatic carbocycles. The van der Waals surface area contributed by atoms with Gasteiger partial charge in [-0.3, -0.25) is 4.57 Å². The Bertz CT molecular complexity index is 1070. The molecule has 12 nitrogen and oxygen atoms in total. The van der Waals surface area contributed by atoms with Gasteiger partial charge in [-0.1, -0.05) is 46.4 Å². The summed E-state index contributed by atoms with van der Waals surface area (Å²) in [7, 11) is 0. The maximum atomic E-state index is 11.8. The molecule has 4 rings (SSSR count). The molecule has 6 atom stereocenters. The van der Waals surface area contributed by atoms with E-state index in [1.165, 1.54) is 17.2 Å². The van der Waals surface area contributed by atoms with Crippen LogP contribution >= 0.6 is 46.4 Å². The molecule has 192 valence electrons. The van der Waals surface area contributed by atoms with Crippen LogP contribution in [-0.2, 0) is 23.8 Å². The SMILES string of the molecule is O=C(OC[C@H]1O[C@@H](n2cnc3c(N[C@H]4CCC[C@@H]4OC(=O)C(Cl)Cl)ncnc32)[C@H](O)[C@@H]1O)C(Cl)Cl. The van der Waals surface area contributed by atoms with Crippen molar-refractivity contribution >= 4 is 75.3 Å². The molecule has 1 saturated carbocycles. The Morgan fingerprint density at radius 2 is 1.86 bits per heavy atom. The van der Waals surface area contributed by atoms with Crippen LogP contribution in [0.15, 0.2) is 12.7 Å². The number of aliphatic hydroxyl groups excluding tert-OH is 2. The van der Waals surface area contributed by atoms with Crippen LogP contribution in [-0.4, -0.2) is 88.4 Å². The van der Waals surface area contributed by atoms with Gasteiger partial charge in [0.05, 0.1) is 12.4 Å². The van der Waals surface area contributed by atoms with E-state index in [1.54, 1.807) is 0 Å². The minimum atomic E-state index is -1.39. The fourth-order valence-corrected chi connectivity index (χ4v) is 4.31. The van der Waals surface area contributed by atoms with E-state index in [0.717, 1.165) is 6.42 Å². The zero-order valence-corrected chi connectivity index (χ0v) is 20.9. The average Bonchev–Trinajstić information content (AvgIpc) is 3.51. The quantitative estimate of drug-likeness (QED) is 0.310. The maximum absolute atomic E-state index is 11.8. The first-order valence-electron chi connectivity index (χ1n) is 10.6. The average molecular weight is 573 g/mol. The van der Waals surface area contributed by atoms with Gasteiger partial charge in [-0.2, -0.15) is 0 Å². The molecule has 2 fully saturated rings. The maximum Gasteiger partial charge on any atom is 0.339 e. The Kier molecular flexibility index (Phi) is 8.41. The van der Waals surface area contributed by atoms with Crippen LogP contribution in [0, 0.1) is 0 Å². The third-order valence-corrected chi connectivity index (χ3v) is 6.47. The monoisotopic (exact) mass is 571 g/mol. The highest BCUT2D eigenvalue weighted by Crippen LogP contribution is 2.33. The summed E-state index contributed by atoms with van der Waals surface area (Å²) in [5, 5.41) is 24.1. The molecule has 3 heterocycles. The first-order valence-corrected chi connectivity index (χ1v) is 12.3. The van der Waals surface area contributed by atoms with Crippen LogP contribution in [0.1, 0.15) is 25.5 Å². The van der Waals surface area contributed by atoms with E-state index >= 15 is 0 Å². The number of fused-ring (bicyclic) bond motifs is 1. The number of nitrogens with one attached hydrogen (secondary N) is 1. The van der Waals surface area contributed by atoms with E-state index in [-0.39, 0.29) is 12.6 Å². The first-order chi connectivity index (χ1) is 16.7. The number of rotatable bonds is 8. The van der Waals surface area contributed by atoms with Gasteiger partial charge in [0.15, 0.2) is 23.2 Å². The van der Waals surface area contributed by atoms with Crippen molar-refractivity contribution in [3.63, 3.8) is 0 Å². The molecular weight excluding hydrogens is 552 g/mol. The Labute approximate surface area is 218 Å². The lowest BCUT2D eigenvalue weighted by Crippen LogP contribution is -2.34. The van der Waals surface area contributed by atoms with Gasteiger partial charge in [-0.15, -0.1) is 0 Å². The van der Waals surface area contributed by atoms with Crippen molar-refractivity contribution in [1.29, 1.82) is 0 Å². The number of anilines is 1. The van der Waals surface area contributed by atoms with Gasteiger partial charge >= 0.3 is 11.9 Å². The molecule has 0 spiro atoms. The van der Waals surface area contributed by atoms with E-state index in [4.69, 9.17) is 60.6 Å². The lowest BCUT2D eigenvalue weighted by atomic mass is 10.1. The number of carbonyl (C=O) groups excluding carboxylic acids is 2. The number of alkyl halides is 4. The molecule has 0 amide bonds.